The molecule has 0 spiro atoms. The molecule has 1 aromatic rings. The molecule has 2 unspecified atom stereocenters. The molecule has 102 valence electrons. The second-order valence-corrected chi connectivity index (χ2v) is 5.42. The van der Waals surface area contributed by atoms with E-state index in [1.807, 2.05) is 19.4 Å². The number of nitrogens with one attached hydrogen (secondary N) is 1. The van der Waals surface area contributed by atoms with E-state index in [1.54, 1.807) is 0 Å². The quantitative estimate of drug-likeness (QED) is 0.862. The molecular formula is C14H26N4. The maximum atomic E-state index is 4.35. The number of hydrogen-bond acceptors (Lipinski definition) is 3. The minimum atomic E-state index is 0.566. The number of likely N-dealkylation sites (tertiary alicyclic amines) is 1. The Morgan fingerprint density at radius 1 is 1.56 bits per heavy atom. The summed E-state index contributed by atoms with van der Waals surface area (Å²) in [5, 5.41) is 3.63. The number of nitrogens with zero attached hydrogens (tertiary/aromatic N) is 3. The minimum absolute atomic E-state index is 0.566. The first-order valence-corrected chi connectivity index (χ1v) is 7.12. The summed E-state index contributed by atoms with van der Waals surface area (Å²) in [6, 6.07) is 0.566. The number of rotatable bonds is 5. The number of piperidine rings is 1. The van der Waals surface area contributed by atoms with Gasteiger partial charge in [0.05, 0.1) is 6.54 Å². The summed E-state index contributed by atoms with van der Waals surface area (Å²) >= 11 is 0. The average Bonchev–Trinajstić information content (AvgIpc) is 2.81. The molecule has 1 aliphatic heterocycles. The van der Waals surface area contributed by atoms with Crippen molar-refractivity contribution in [1.82, 2.24) is 19.8 Å². The minimum Gasteiger partial charge on any atom is -0.337 e. The molecule has 1 aromatic heterocycles. The highest BCUT2D eigenvalue weighted by atomic mass is 15.1. The maximum absolute atomic E-state index is 4.35. The molecule has 0 aromatic carbocycles. The zero-order chi connectivity index (χ0) is 13.0. The Morgan fingerprint density at radius 2 is 2.39 bits per heavy atom. The van der Waals surface area contributed by atoms with Crippen molar-refractivity contribution in [2.24, 2.45) is 13.0 Å². The first-order chi connectivity index (χ1) is 8.70. The smallest absolute Gasteiger partial charge is 0.122 e. The van der Waals surface area contributed by atoms with E-state index in [9.17, 15) is 0 Å². The molecule has 1 aliphatic rings. The summed E-state index contributed by atoms with van der Waals surface area (Å²) in [5.74, 6) is 1.89. The number of aryl methyl sites for hydroxylation is 1. The molecule has 0 radical (unpaired) electrons. The summed E-state index contributed by atoms with van der Waals surface area (Å²) < 4.78 is 2.08. The molecule has 18 heavy (non-hydrogen) atoms. The van der Waals surface area contributed by atoms with Gasteiger partial charge in [-0.05, 0) is 38.8 Å². The largest absolute Gasteiger partial charge is 0.337 e. The van der Waals surface area contributed by atoms with Gasteiger partial charge < -0.3 is 14.8 Å². The van der Waals surface area contributed by atoms with Gasteiger partial charge in [-0.25, -0.2) is 4.98 Å². The fraction of sp³-hybridized carbons (Fsp3) is 0.786. The second kappa shape index (κ2) is 6.34. The van der Waals surface area contributed by atoms with E-state index >= 15 is 0 Å². The van der Waals surface area contributed by atoms with Crippen LogP contribution in [0.1, 0.15) is 32.5 Å². The summed E-state index contributed by atoms with van der Waals surface area (Å²) in [6.07, 6.45) is 6.56. The predicted molar refractivity (Wildman–Crippen MR) is 74.3 cm³/mol. The van der Waals surface area contributed by atoms with E-state index in [1.165, 1.54) is 32.5 Å². The highest BCUT2D eigenvalue weighted by molar-refractivity contribution is 4.91. The highest BCUT2D eigenvalue weighted by Crippen LogP contribution is 2.19. The van der Waals surface area contributed by atoms with Crippen molar-refractivity contribution in [3.8, 4) is 0 Å². The molecule has 2 rings (SSSR count). The average molecular weight is 250 g/mol. The Labute approximate surface area is 110 Å². The molecule has 0 aliphatic carbocycles. The van der Waals surface area contributed by atoms with Crippen molar-refractivity contribution in [2.75, 3.05) is 19.6 Å². The fourth-order valence-electron chi connectivity index (χ4n) is 2.77. The van der Waals surface area contributed by atoms with E-state index in [0.29, 0.717) is 6.04 Å². The van der Waals surface area contributed by atoms with Crippen LogP contribution in [0.2, 0.25) is 0 Å². The van der Waals surface area contributed by atoms with Crippen LogP contribution in [0.5, 0.6) is 0 Å². The zero-order valence-corrected chi connectivity index (χ0v) is 11.9. The van der Waals surface area contributed by atoms with Crippen LogP contribution in [0, 0.1) is 5.92 Å². The highest BCUT2D eigenvalue weighted by Gasteiger charge is 2.23. The molecule has 1 fully saturated rings. The van der Waals surface area contributed by atoms with Gasteiger partial charge in [-0.3, -0.25) is 0 Å². The lowest BCUT2D eigenvalue weighted by atomic mass is 9.91. The Balaban J connectivity index is 1.80. The lowest BCUT2D eigenvalue weighted by Crippen LogP contribution is -2.44. The molecule has 2 atom stereocenters. The molecule has 0 amide bonds. The molecule has 0 saturated carbocycles. The van der Waals surface area contributed by atoms with Crippen molar-refractivity contribution in [3.05, 3.63) is 18.2 Å². The van der Waals surface area contributed by atoms with Crippen LogP contribution in [0.25, 0.3) is 0 Å². The first-order valence-electron chi connectivity index (χ1n) is 7.12. The number of imidazole rings is 1. The topological polar surface area (TPSA) is 33.1 Å². The van der Waals surface area contributed by atoms with Gasteiger partial charge in [0.1, 0.15) is 5.82 Å². The van der Waals surface area contributed by atoms with Crippen molar-refractivity contribution in [3.63, 3.8) is 0 Å². The lowest BCUT2D eigenvalue weighted by Gasteiger charge is -2.35. The molecule has 1 saturated heterocycles. The SMILES string of the molecule is CCN1CCCC(C(C)NCc2nccn2C)C1. The van der Waals surface area contributed by atoms with Crippen LogP contribution in [0.3, 0.4) is 0 Å². The maximum Gasteiger partial charge on any atom is 0.122 e. The van der Waals surface area contributed by atoms with Crippen molar-refractivity contribution < 1.29 is 0 Å². The number of aromatic nitrogens is 2. The monoisotopic (exact) mass is 250 g/mol. The molecule has 0 bridgehead atoms. The Bertz CT molecular complexity index is 360. The van der Waals surface area contributed by atoms with Gasteiger partial charge >= 0.3 is 0 Å². The van der Waals surface area contributed by atoms with Gasteiger partial charge in [-0.15, -0.1) is 0 Å². The van der Waals surface area contributed by atoms with E-state index in [4.69, 9.17) is 0 Å². The molecule has 4 heteroatoms. The molecule has 4 nitrogen and oxygen atoms in total. The van der Waals surface area contributed by atoms with Crippen LogP contribution >= 0.6 is 0 Å². The molecule has 2 heterocycles. The van der Waals surface area contributed by atoms with Crippen LogP contribution in [-0.2, 0) is 13.6 Å². The van der Waals surface area contributed by atoms with Crippen molar-refractivity contribution >= 4 is 0 Å². The molecular weight excluding hydrogens is 224 g/mol. The van der Waals surface area contributed by atoms with Crippen LogP contribution in [0.4, 0.5) is 0 Å². The van der Waals surface area contributed by atoms with Crippen molar-refractivity contribution in [2.45, 2.75) is 39.3 Å². The summed E-state index contributed by atoms with van der Waals surface area (Å²) in [5.41, 5.74) is 0. The van der Waals surface area contributed by atoms with Crippen LogP contribution < -0.4 is 5.32 Å². The third kappa shape index (κ3) is 3.33. The second-order valence-electron chi connectivity index (χ2n) is 5.42. The normalized spacial score (nSPS) is 23.2. The third-order valence-corrected chi connectivity index (χ3v) is 4.20. The summed E-state index contributed by atoms with van der Waals surface area (Å²) in [4.78, 5) is 6.92. The van der Waals surface area contributed by atoms with Gasteiger partial charge in [0.2, 0.25) is 0 Å². The molecule has 1 N–H and O–H groups in total. The van der Waals surface area contributed by atoms with E-state index < -0.39 is 0 Å². The van der Waals surface area contributed by atoms with E-state index in [0.717, 1.165) is 18.3 Å². The van der Waals surface area contributed by atoms with E-state index in [-0.39, 0.29) is 0 Å². The first kappa shape index (κ1) is 13.6. The van der Waals surface area contributed by atoms with Crippen LogP contribution in [0.15, 0.2) is 12.4 Å². The van der Waals surface area contributed by atoms with Gasteiger partial charge in [-0.2, -0.15) is 0 Å². The predicted octanol–water partition coefficient (Wildman–Crippen LogP) is 1.63. The third-order valence-electron chi connectivity index (χ3n) is 4.20. The summed E-state index contributed by atoms with van der Waals surface area (Å²) in [7, 11) is 2.05. The fourth-order valence-corrected chi connectivity index (χ4v) is 2.77. The van der Waals surface area contributed by atoms with Crippen LogP contribution in [-0.4, -0.2) is 40.1 Å². The Kier molecular flexibility index (Phi) is 4.78. The van der Waals surface area contributed by atoms with Gasteiger partial charge in [0.25, 0.3) is 0 Å². The zero-order valence-electron chi connectivity index (χ0n) is 11.9. The number of hydrogen-bond donors (Lipinski definition) is 1. The van der Waals surface area contributed by atoms with E-state index in [2.05, 4.69) is 33.6 Å². The van der Waals surface area contributed by atoms with Gasteiger partial charge in [-0.1, -0.05) is 6.92 Å². The van der Waals surface area contributed by atoms with Crippen molar-refractivity contribution in [1.29, 1.82) is 0 Å². The van der Waals surface area contributed by atoms with Gasteiger partial charge in [0.15, 0.2) is 0 Å². The standard InChI is InChI=1S/C14H26N4/c1-4-18-8-5-6-13(11-18)12(2)16-10-14-15-7-9-17(14)3/h7,9,12-13,16H,4-6,8,10-11H2,1-3H3. The Morgan fingerprint density at radius 3 is 3.06 bits per heavy atom. The summed E-state index contributed by atoms with van der Waals surface area (Å²) in [6.45, 7) is 9.14. The lowest BCUT2D eigenvalue weighted by molar-refractivity contribution is 0.156. The Hall–Kier alpha value is -0.870. The van der Waals surface area contributed by atoms with Gasteiger partial charge in [0, 0.05) is 32.0 Å².